The molecular weight excluding hydrogens is 272 g/mol. The Morgan fingerprint density at radius 2 is 2.14 bits per heavy atom. The summed E-state index contributed by atoms with van der Waals surface area (Å²) in [5.41, 5.74) is 5.49. The summed E-state index contributed by atoms with van der Waals surface area (Å²) in [6.45, 7) is 2.50. The maximum absolute atomic E-state index is 12.2. The largest absolute Gasteiger partial charge is 0.451 e. The van der Waals surface area contributed by atoms with Crippen LogP contribution in [-0.2, 0) is 9.53 Å². The van der Waals surface area contributed by atoms with Crippen molar-refractivity contribution in [2.45, 2.75) is 38.6 Å². The molecular formula is C14H20N4O3. The number of nitrogens with two attached hydrogens (primary N) is 1. The van der Waals surface area contributed by atoms with Crippen molar-refractivity contribution in [1.29, 1.82) is 0 Å². The number of nitrogen functional groups attached to an aromatic ring is 1. The Labute approximate surface area is 123 Å². The van der Waals surface area contributed by atoms with Crippen molar-refractivity contribution in [3.8, 4) is 0 Å². The van der Waals surface area contributed by atoms with Gasteiger partial charge >= 0.3 is 5.97 Å². The van der Waals surface area contributed by atoms with E-state index in [-0.39, 0.29) is 30.1 Å². The van der Waals surface area contributed by atoms with Crippen LogP contribution in [0.1, 0.15) is 43.1 Å². The quantitative estimate of drug-likeness (QED) is 0.831. The minimum absolute atomic E-state index is 0.000596. The predicted octanol–water partition coefficient (Wildman–Crippen LogP) is 1.01. The smallest absolute Gasteiger partial charge is 0.361 e. The number of carbonyl (C=O) groups is 2. The van der Waals surface area contributed by atoms with Crippen molar-refractivity contribution >= 4 is 17.7 Å². The minimum Gasteiger partial charge on any atom is -0.451 e. The lowest BCUT2D eigenvalue weighted by atomic mass is 10.00. The number of hydrogen-bond donors (Lipinski definition) is 1. The van der Waals surface area contributed by atoms with Crippen molar-refractivity contribution in [3.63, 3.8) is 0 Å². The lowest BCUT2D eigenvalue weighted by Crippen LogP contribution is -2.45. The lowest BCUT2D eigenvalue weighted by molar-refractivity contribution is -0.138. The highest BCUT2D eigenvalue weighted by Gasteiger charge is 2.26. The topological polar surface area (TPSA) is 98.4 Å². The van der Waals surface area contributed by atoms with Crippen LogP contribution in [0.15, 0.2) is 12.4 Å². The molecule has 0 aliphatic carbocycles. The van der Waals surface area contributed by atoms with E-state index < -0.39 is 5.97 Å². The molecule has 0 radical (unpaired) electrons. The van der Waals surface area contributed by atoms with Crippen LogP contribution < -0.4 is 5.73 Å². The van der Waals surface area contributed by atoms with Crippen LogP contribution in [0.2, 0.25) is 0 Å². The van der Waals surface area contributed by atoms with Crippen LogP contribution in [0, 0.1) is 0 Å². The zero-order valence-electron chi connectivity index (χ0n) is 12.1. The van der Waals surface area contributed by atoms with Crippen LogP contribution in [0.5, 0.6) is 0 Å². The first-order valence-electron chi connectivity index (χ1n) is 7.16. The van der Waals surface area contributed by atoms with Gasteiger partial charge in [-0.05, 0) is 25.7 Å². The maximum Gasteiger partial charge on any atom is 0.361 e. The third-order valence-electron chi connectivity index (χ3n) is 3.67. The van der Waals surface area contributed by atoms with E-state index in [1.165, 1.54) is 12.4 Å². The Hall–Kier alpha value is -2.18. The number of carbonyl (C=O) groups excluding carboxylic acids is 2. The van der Waals surface area contributed by atoms with E-state index in [1.54, 1.807) is 4.90 Å². The van der Waals surface area contributed by atoms with Crippen LogP contribution in [0.4, 0.5) is 5.82 Å². The van der Waals surface area contributed by atoms with Gasteiger partial charge in [0.05, 0.1) is 0 Å². The van der Waals surface area contributed by atoms with Crippen LogP contribution in [0.25, 0.3) is 0 Å². The zero-order valence-corrected chi connectivity index (χ0v) is 12.1. The molecule has 1 aliphatic heterocycles. The van der Waals surface area contributed by atoms with Crippen molar-refractivity contribution in [2.24, 2.45) is 0 Å². The second-order valence-electron chi connectivity index (χ2n) is 5.01. The number of esters is 1. The fourth-order valence-corrected chi connectivity index (χ4v) is 2.54. The standard InChI is InChI=1S/C14H20N4O3/c1-2-10-5-3-4-8-18(10)11(19)9-21-14(20)12-13(15)17-7-6-16-12/h6-7,10H,2-5,8-9H2,1H3,(H2,15,17). The van der Waals surface area contributed by atoms with E-state index in [0.29, 0.717) is 0 Å². The molecule has 1 aromatic rings. The van der Waals surface area contributed by atoms with Crippen molar-refractivity contribution in [3.05, 3.63) is 18.1 Å². The summed E-state index contributed by atoms with van der Waals surface area (Å²) >= 11 is 0. The first-order chi connectivity index (χ1) is 10.1. The van der Waals surface area contributed by atoms with Gasteiger partial charge in [0.1, 0.15) is 0 Å². The van der Waals surface area contributed by atoms with Gasteiger partial charge in [0.25, 0.3) is 5.91 Å². The molecule has 114 valence electrons. The van der Waals surface area contributed by atoms with Gasteiger partial charge < -0.3 is 15.4 Å². The molecule has 0 bridgehead atoms. The van der Waals surface area contributed by atoms with Gasteiger partial charge in [0, 0.05) is 25.0 Å². The molecule has 2 rings (SSSR count). The van der Waals surface area contributed by atoms with E-state index >= 15 is 0 Å². The lowest BCUT2D eigenvalue weighted by Gasteiger charge is -2.35. The molecule has 1 aromatic heterocycles. The van der Waals surface area contributed by atoms with Gasteiger partial charge in [-0.25, -0.2) is 14.8 Å². The fraction of sp³-hybridized carbons (Fsp3) is 0.571. The van der Waals surface area contributed by atoms with Crippen LogP contribution in [0.3, 0.4) is 0 Å². The second kappa shape index (κ2) is 7.01. The summed E-state index contributed by atoms with van der Waals surface area (Å²) in [6.07, 6.45) is 6.79. The van der Waals surface area contributed by atoms with Gasteiger partial charge in [-0.2, -0.15) is 0 Å². The van der Waals surface area contributed by atoms with Gasteiger partial charge in [-0.15, -0.1) is 0 Å². The molecule has 2 heterocycles. The van der Waals surface area contributed by atoms with Crippen molar-refractivity contribution in [2.75, 3.05) is 18.9 Å². The van der Waals surface area contributed by atoms with Crippen LogP contribution >= 0.6 is 0 Å². The summed E-state index contributed by atoms with van der Waals surface area (Å²) in [5.74, 6) is -0.893. The Balaban J connectivity index is 1.91. The molecule has 21 heavy (non-hydrogen) atoms. The van der Waals surface area contributed by atoms with Crippen molar-refractivity contribution < 1.29 is 14.3 Å². The molecule has 2 N–H and O–H groups in total. The summed E-state index contributed by atoms with van der Waals surface area (Å²) in [6, 6.07) is 0.242. The highest BCUT2D eigenvalue weighted by atomic mass is 16.5. The molecule has 0 spiro atoms. The molecule has 0 saturated carbocycles. The highest BCUT2D eigenvalue weighted by Crippen LogP contribution is 2.19. The average Bonchev–Trinajstić information content (AvgIpc) is 2.52. The summed E-state index contributed by atoms with van der Waals surface area (Å²) in [5, 5.41) is 0. The predicted molar refractivity (Wildman–Crippen MR) is 76.4 cm³/mol. The highest BCUT2D eigenvalue weighted by molar-refractivity contribution is 5.93. The molecule has 1 saturated heterocycles. The van der Waals surface area contributed by atoms with E-state index in [9.17, 15) is 9.59 Å². The number of piperidine rings is 1. The summed E-state index contributed by atoms with van der Waals surface area (Å²) in [7, 11) is 0. The average molecular weight is 292 g/mol. The Morgan fingerprint density at radius 1 is 1.38 bits per heavy atom. The Kier molecular flexibility index (Phi) is 5.08. The maximum atomic E-state index is 12.2. The minimum atomic E-state index is -0.723. The third kappa shape index (κ3) is 3.68. The SMILES string of the molecule is CCC1CCCCN1C(=O)COC(=O)c1nccnc1N. The first kappa shape index (κ1) is 15.2. The fourth-order valence-electron chi connectivity index (χ4n) is 2.54. The number of anilines is 1. The van der Waals surface area contributed by atoms with Gasteiger partial charge in [0.15, 0.2) is 18.1 Å². The first-order valence-corrected chi connectivity index (χ1v) is 7.16. The number of aromatic nitrogens is 2. The number of nitrogens with zero attached hydrogens (tertiary/aromatic N) is 3. The number of likely N-dealkylation sites (tertiary alicyclic amines) is 1. The normalized spacial score (nSPS) is 18.3. The molecule has 7 nitrogen and oxygen atoms in total. The van der Waals surface area contributed by atoms with Gasteiger partial charge in [-0.3, -0.25) is 4.79 Å². The van der Waals surface area contributed by atoms with E-state index in [2.05, 4.69) is 16.9 Å². The number of amides is 1. The summed E-state index contributed by atoms with van der Waals surface area (Å²) in [4.78, 5) is 33.4. The van der Waals surface area contributed by atoms with Gasteiger partial charge in [0.2, 0.25) is 0 Å². The van der Waals surface area contributed by atoms with E-state index in [1.807, 2.05) is 0 Å². The molecule has 1 atom stereocenters. The third-order valence-corrected chi connectivity index (χ3v) is 3.67. The Morgan fingerprint density at radius 3 is 2.86 bits per heavy atom. The number of ether oxygens (including phenoxy) is 1. The second-order valence-corrected chi connectivity index (χ2v) is 5.01. The zero-order chi connectivity index (χ0) is 15.2. The number of rotatable bonds is 4. The van der Waals surface area contributed by atoms with E-state index in [0.717, 1.165) is 32.2 Å². The molecule has 1 amide bonds. The summed E-state index contributed by atoms with van der Waals surface area (Å²) < 4.78 is 5.00. The molecule has 1 aliphatic rings. The number of hydrogen-bond acceptors (Lipinski definition) is 6. The van der Waals surface area contributed by atoms with Crippen LogP contribution in [-0.4, -0.2) is 45.9 Å². The monoisotopic (exact) mass is 292 g/mol. The Bertz CT molecular complexity index is 521. The van der Waals surface area contributed by atoms with E-state index in [4.69, 9.17) is 10.5 Å². The molecule has 0 aromatic carbocycles. The molecule has 7 heteroatoms. The molecule has 1 unspecified atom stereocenters. The van der Waals surface area contributed by atoms with Gasteiger partial charge in [-0.1, -0.05) is 6.92 Å². The molecule has 1 fully saturated rings. The van der Waals surface area contributed by atoms with Crippen molar-refractivity contribution in [1.82, 2.24) is 14.9 Å².